The standard InChI is InChI=1S/C25H54NO2S/c1-4-5-6-7-8-9-10-11-12-13-14-15-16-17-18-19-22-29-24-25(28)23-26(2,3)20-21-27/h25,27-28H,4-24H2,1-3H3/q+1. The minimum Gasteiger partial charge on any atom is -0.391 e. The fourth-order valence-corrected chi connectivity index (χ4v) is 4.91. The van der Waals surface area contributed by atoms with Crippen LogP contribution in [0.25, 0.3) is 0 Å². The van der Waals surface area contributed by atoms with Gasteiger partial charge >= 0.3 is 0 Å². The van der Waals surface area contributed by atoms with Crippen LogP contribution in [-0.2, 0) is 0 Å². The first-order valence-corrected chi connectivity index (χ1v) is 13.9. The normalized spacial score (nSPS) is 13.1. The molecule has 1 unspecified atom stereocenters. The van der Waals surface area contributed by atoms with Gasteiger partial charge in [0.2, 0.25) is 0 Å². The molecule has 0 aromatic rings. The second kappa shape index (κ2) is 21.5. The molecule has 0 aliphatic rings. The molecule has 0 aromatic heterocycles. The summed E-state index contributed by atoms with van der Waals surface area (Å²) in [6, 6.07) is 0. The number of thioether (sulfide) groups is 1. The SMILES string of the molecule is CCCCCCCCCCCCCCCCCCSCC(O)C[N+](C)(C)CCO. The number of likely N-dealkylation sites (N-methyl/N-ethyl adjacent to an activating group) is 1. The van der Waals surface area contributed by atoms with E-state index in [-0.39, 0.29) is 12.7 Å². The van der Waals surface area contributed by atoms with Crippen molar-refractivity contribution in [2.75, 3.05) is 45.3 Å². The first kappa shape index (κ1) is 29.2. The number of aliphatic hydroxyl groups excluding tert-OH is 2. The van der Waals surface area contributed by atoms with Crippen LogP contribution >= 0.6 is 11.8 Å². The van der Waals surface area contributed by atoms with Gasteiger partial charge in [-0.15, -0.1) is 0 Å². The Bertz CT molecular complexity index is 326. The monoisotopic (exact) mass is 432 g/mol. The number of unbranched alkanes of at least 4 members (excludes halogenated alkanes) is 15. The third-order valence-electron chi connectivity index (χ3n) is 5.86. The van der Waals surface area contributed by atoms with E-state index in [9.17, 15) is 5.11 Å². The summed E-state index contributed by atoms with van der Waals surface area (Å²) in [4.78, 5) is 0. The van der Waals surface area contributed by atoms with Crippen LogP contribution < -0.4 is 0 Å². The van der Waals surface area contributed by atoms with Crippen LogP contribution in [0, 0.1) is 0 Å². The van der Waals surface area contributed by atoms with Gasteiger partial charge in [0.1, 0.15) is 19.2 Å². The molecule has 29 heavy (non-hydrogen) atoms. The summed E-state index contributed by atoms with van der Waals surface area (Å²) in [5.41, 5.74) is 0. The molecule has 176 valence electrons. The highest BCUT2D eigenvalue weighted by molar-refractivity contribution is 7.99. The molecular formula is C25H54NO2S+. The van der Waals surface area contributed by atoms with Gasteiger partial charge in [0, 0.05) is 5.75 Å². The van der Waals surface area contributed by atoms with Gasteiger partial charge < -0.3 is 14.7 Å². The molecule has 0 heterocycles. The first-order valence-electron chi connectivity index (χ1n) is 12.7. The van der Waals surface area contributed by atoms with E-state index >= 15 is 0 Å². The number of hydrogen-bond acceptors (Lipinski definition) is 3. The summed E-state index contributed by atoms with van der Waals surface area (Å²) in [6.07, 6.45) is 22.4. The molecule has 0 saturated heterocycles. The van der Waals surface area contributed by atoms with Crippen molar-refractivity contribution in [3.63, 3.8) is 0 Å². The molecule has 0 aliphatic carbocycles. The predicted octanol–water partition coefficient (Wildman–Crippen LogP) is 6.41. The van der Waals surface area contributed by atoms with Crippen molar-refractivity contribution in [2.24, 2.45) is 0 Å². The summed E-state index contributed by atoms with van der Waals surface area (Å²) in [6.45, 7) is 3.91. The number of aliphatic hydroxyl groups is 2. The number of rotatable bonds is 23. The molecule has 0 radical (unpaired) electrons. The lowest BCUT2D eigenvalue weighted by molar-refractivity contribution is -0.893. The van der Waals surface area contributed by atoms with E-state index < -0.39 is 0 Å². The van der Waals surface area contributed by atoms with Crippen LogP contribution in [0.1, 0.15) is 110 Å². The maximum absolute atomic E-state index is 10.1. The number of hydrogen-bond donors (Lipinski definition) is 2. The molecule has 0 aliphatic heterocycles. The fraction of sp³-hybridized carbons (Fsp3) is 1.00. The van der Waals surface area contributed by atoms with Crippen LogP contribution in [0.4, 0.5) is 0 Å². The van der Waals surface area contributed by atoms with Crippen molar-refractivity contribution in [3.05, 3.63) is 0 Å². The van der Waals surface area contributed by atoms with Crippen LogP contribution in [0.3, 0.4) is 0 Å². The molecule has 3 nitrogen and oxygen atoms in total. The van der Waals surface area contributed by atoms with Gasteiger partial charge in [0.25, 0.3) is 0 Å². The topological polar surface area (TPSA) is 40.5 Å². The third-order valence-corrected chi connectivity index (χ3v) is 7.06. The first-order chi connectivity index (χ1) is 14.0. The lowest BCUT2D eigenvalue weighted by atomic mass is 10.0. The van der Waals surface area contributed by atoms with Crippen molar-refractivity contribution in [1.82, 2.24) is 0 Å². The summed E-state index contributed by atoms with van der Waals surface area (Å²) in [5, 5.41) is 19.2. The Hall–Kier alpha value is 0.230. The largest absolute Gasteiger partial charge is 0.391 e. The van der Waals surface area contributed by atoms with E-state index in [1.165, 1.54) is 108 Å². The Morgan fingerprint density at radius 3 is 1.52 bits per heavy atom. The lowest BCUT2D eigenvalue weighted by Gasteiger charge is -2.31. The molecule has 0 saturated carbocycles. The maximum Gasteiger partial charge on any atom is 0.112 e. The van der Waals surface area contributed by atoms with Gasteiger partial charge in [-0.25, -0.2) is 0 Å². The van der Waals surface area contributed by atoms with Crippen molar-refractivity contribution in [3.8, 4) is 0 Å². The van der Waals surface area contributed by atoms with E-state index in [0.29, 0.717) is 11.0 Å². The molecule has 0 fully saturated rings. The van der Waals surface area contributed by atoms with Gasteiger partial charge in [0.15, 0.2) is 0 Å². The Morgan fingerprint density at radius 1 is 0.690 bits per heavy atom. The highest BCUT2D eigenvalue weighted by Crippen LogP contribution is 2.15. The molecule has 2 N–H and O–H groups in total. The molecule has 0 amide bonds. The molecule has 4 heteroatoms. The molecular weight excluding hydrogens is 378 g/mol. The highest BCUT2D eigenvalue weighted by Gasteiger charge is 2.19. The molecule has 0 aromatic carbocycles. The maximum atomic E-state index is 10.1. The van der Waals surface area contributed by atoms with Crippen molar-refractivity contribution >= 4 is 11.8 Å². The van der Waals surface area contributed by atoms with Gasteiger partial charge in [-0.1, -0.05) is 103 Å². The van der Waals surface area contributed by atoms with Crippen LogP contribution in [-0.4, -0.2) is 66.1 Å². The summed E-state index contributed by atoms with van der Waals surface area (Å²) < 4.78 is 0.692. The Balaban J connectivity index is 3.20. The quantitative estimate of drug-likeness (QED) is 0.145. The zero-order valence-electron chi connectivity index (χ0n) is 20.2. The lowest BCUT2D eigenvalue weighted by Crippen LogP contribution is -2.47. The van der Waals surface area contributed by atoms with Crippen LogP contribution in [0.2, 0.25) is 0 Å². The van der Waals surface area contributed by atoms with E-state index in [1.54, 1.807) is 0 Å². The fourth-order valence-electron chi connectivity index (χ4n) is 3.96. The molecule has 0 spiro atoms. The second-order valence-electron chi connectivity index (χ2n) is 9.60. The molecule has 0 bridgehead atoms. The van der Waals surface area contributed by atoms with Gasteiger partial charge in [0.05, 0.1) is 20.7 Å². The Morgan fingerprint density at radius 2 is 1.10 bits per heavy atom. The zero-order chi connectivity index (χ0) is 21.6. The zero-order valence-corrected chi connectivity index (χ0v) is 21.0. The van der Waals surface area contributed by atoms with Gasteiger partial charge in [-0.3, -0.25) is 0 Å². The number of quaternary nitrogens is 1. The van der Waals surface area contributed by atoms with Crippen molar-refractivity contribution in [1.29, 1.82) is 0 Å². The molecule has 0 rings (SSSR count). The van der Waals surface area contributed by atoms with Crippen LogP contribution in [0.5, 0.6) is 0 Å². The second-order valence-corrected chi connectivity index (χ2v) is 10.7. The predicted molar refractivity (Wildman–Crippen MR) is 132 cm³/mol. The highest BCUT2D eigenvalue weighted by atomic mass is 32.2. The van der Waals surface area contributed by atoms with Crippen LogP contribution in [0.15, 0.2) is 0 Å². The van der Waals surface area contributed by atoms with Gasteiger partial charge in [-0.05, 0) is 12.2 Å². The number of nitrogens with zero attached hydrogens (tertiary/aromatic N) is 1. The van der Waals surface area contributed by atoms with E-state index in [4.69, 9.17) is 5.11 Å². The Kier molecular flexibility index (Phi) is 21.6. The Labute approximate surface area is 187 Å². The average Bonchev–Trinajstić information content (AvgIpc) is 2.66. The van der Waals surface area contributed by atoms with Crippen molar-refractivity contribution < 1.29 is 14.7 Å². The van der Waals surface area contributed by atoms with E-state index in [0.717, 1.165) is 12.3 Å². The molecule has 1 atom stereocenters. The van der Waals surface area contributed by atoms with E-state index in [1.807, 2.05) is 11.8 Å². The smallest absolute Gasteiger partial charge is 0.112 e. The summed E-state index contributed by atoms with van der Waals surface area (Å²) in [5.74, 6) is 1.99. The average molecular weight is 433 g/mol. The van der Waals surface area contributed by atoms with E-state index in [2.05, 4.69) is 21.0 Å². The van der Waals surface area contributed by atoms with Crippen molar-refractivity contribution in [2.45, 2.75) is 116 Å². The summed E-state index contributed by atoms with van der Waals surface area (Å²) >= 11 is 1.88. The minimum absolute atomic E-state index is 0.187. The summed E-state index contributed by atoms with van der Waals surface area (Å²) in [7, 11) is 4.14. The van der Waals surface area contributed by atoms with Gasteiger partial charge in [-0.2, -0.15) is 11.8 Å². The minimum atomic E-state index is -0.261. The third kappa shape index (κ3) is 22.7.